The van der Waals surface area contributed by atoms with Gasteiger partial charge in [-0.15, -0.1) is 0 Å². The molecule has 6 heteroatoms. The zero-order chi connectivity index (χ0) is 27.5. The monoisotopic (exact) mass is 522 g/mol. The number of benzene rings is 2. The van der Waals surface area contributed by atoms with Gasteiger partial charge in [0.1, 0.15) is 23.0 Å². The maximum Gasteiger partial charge on any atom is 0.124 e. The Labute approximate surface area is 234 Å². The van der Waals surface area contributed by atoms with E-state index < -0.39 is 10.8 Å². The molecule has 0 N–H and O–H groups in total. The molecule has 0 amide bonds. The average Bonchev–Trinajstić information content (AvgIpc) is 3.64. The van der Waals surface area contributed by atoms with Crippen molar-refractivity contribution in [2.75, 3.05) is 0 Å². The highest BCUT2D eigenvalue weighted by atomic mass is 15.1. The van der Waals surface area contributed by atoms with Gasteiger partial charge in [-0.2, -0.15) is 0 Å². The number of hydrogen-bond donors (Lipinski definition) is 0. The van der Waals surface area contributed by atoms with Crippen LogP contribution < -0.4 is 0 Å². The van der Waals surface area contributed by atoms with Crippen LogP contribution in [0.25, 0.3) is 33.9 Å². The zero-order valence-corrected chi connectivity index (χ0v) is 23.1. The van der Waals surface area contributed by atoms with Crippen LogP contribution in [0.1, 0.15) is 50.5 Å². The number of nitrogens with zero attached hydrogens (tertiary/aromatic N) is 6. The van der Waals surface area contributed by atoms with Crippen LogP contribution >= 0.6 is 0 Å². The smallest absolute Gasteiger partial charge is 0.124 e. The minimum Gasteiger partial charge on any atom is -0.302 e. The summed E-state index contributed by atoms with van der Waals surface area (Å²) in [6.07, 6.45) is 11.9. The molecular formula is C34H30N6. The minimum atomic E-state index is -0.448. The lowest BCUT2D eigenvalue weighted by atomic mass is 9.82. The molecular weight excluding hydrogens is 492 g/mol. The van der Waals surface area contributed by atoms with Crippen LogP contribution in [0.4, 0.5) is 0 Å². The highest BCUT2D eigenvalue weighted by Gasteiger charge is 2.34. The van der Waals surface area contributed by atoms with Crippen molar-refractivity contribution in [3.05, 3.63) is 133 Å². The minimum absolute atomic E-state index is 0.448. The molecule has 7 rings (SSSR count). The molecule has 1 aliphatic heterocycles. The molecule has 1 aliphatic rings. The lowest BCUT2D eigenvalue weighted by molar-refractivity contribution is 0.575. The molecule has 6 aromatic rings. The molecule has 0 unspecified atom stereocenters. The number of pyridine rings is 2. The van der Waals surface area contributed by atoms with Crippen molar-refractivity contribution in [2.45, 2.75) is 38.5 Å². The molecule has 6 nitrogen and oxygen atoms in total. The summed E-state index contributed by atoms with van der Waals surface area (Å²) in [4.78, 5) is 19.9. The van der Waals surface area contributed by atoms with E-state index in [9.17, 15) is 0 Å². The summed E-state index contributed by atoms with van der Waals surface area (Å²) in [5.41, 5.74) is 7.07. The third-order valence-corrected chi connectivity index (χ3v) is 8.11. The van der Waals surface area contributed by atoms with Crippen LogP contribution in [-0.2, 0) is 10.8 Å². The zero-order valence-electron chi connectivity index (χ0n) is 23.1. The van der Waals surface area contributed by atoms with Gasteiger partial charge >= 0.3 is 0 Å². The summed E-state index contributed by atoms with van der Waals surface area (Å²) in [7, 11) is 0. The van der Waals surface area contributed by atoms with E-state index in [1.54, 1.807) is 0 Å². The van der Waals surface area contributed by atoms with Crippen molar-refractivity contribution in [1.29, 1.82) is 0 Å². The molecule has 196 valence electrons. The number of para-hydroxylation sites is 2. The Balaban J connectivity index is 1.58. The quantitative estimate of drug-likeness (QED) is 0.242. The van der Waals surface area contributed by atoms with Crippen LogP contribution in [0.3, 0.4) is 0 Å². The Morgan fingerprint density at radius 3 is 1.32 bits per heavy atom. The summed E-state index contributed by atoms with van der Waals surface area (Å²) >= 11 is 0. The van der Waals surface area contributed by atoms with Crippen molar-refractivity contribution in [3.8, 4) is 33.9 Å². The normalized spacial score (nSPS) is 14.9. The average molecular weight is 523 g/mol. The van der Waals surface area contributed by atoms with Gasteiger partial charge in [-0.25, -0.2) is 9.97 Å². The van der Waals surface area contributed by atoms with Crippen molar-refractivity contribution in [3.63, 3.8) is 0 Å². The number of imidazole rings is 2. The van der Waals surface area contributed by atoms with Crippen molar-refractivity contribution in [2.24, 2.45) is 0 Å². The van der Waals surface area contributed by atoms with Crippen LogP contribution in [0.15, 0.2) is 110 Å². The Kier molecular flexibility index (Phi) is 5.36. The molecule has 0 saturated heterocycles. The van der Waals surface area contributed by atoms with Crippen molar-refractivity contribution in [1.82, 2.24) is 29.1 Å². The van der Waals surface area contributed by atoms with Crippen molar-refractivity contribution < 1.29 is 0 Å². The Morgan fingerprint density at radius 1 is 0.525 bits per heavy atom. The van der Waals surface area contributed by atoms with E-state index >= 15 is 0 Å². The Hall–Kier alpha value is -4.84. The molecule has 40 heavy (non-hydrogen) atoms. The fourth-order valence-electron chi connectivity index (χ4n) is 5.60. The fraction of sp³-hybridized carbons (Fsp3) is 0.176. The standard InChI is InChI=1S/C34H30N6/c1-33(2)25-15-23(17-35-19-25)24-16-26(20-36-18-24)34(3,4)32-38-30(22-40(32)28-13-9-6-10-14-28)29-21-39(31(33)37-29)27-11-7-5-8-12-27/h5-22H,1-4H3. The maximum absolute atomic E-state index is 5.28. The Bertz CT molecular complexity index is 1710. The van der Waals surface area contributed by atoms with Gasteiger partial charge in [0.15, 0.2) is 0 Å². The van der Waals surface area contributed by atoms with E-state index in [0.717, 1.165) is 56.7 Å². The molecule has 8 bridgehead atoms. The van der Waals surface area contributed by atoms with Crippen LogP contribution in [0.5, 0.6) is 0 Å². The summed E-state index contributed by atoms with van der Waals surface area (Å²) in [5, 5.41) is 0. The van der Waals surface area contributed by atoms with Crippen LogP contribution in [0.2, 0.25) is 0 Å². The molecule has 2 aromatic carbocycles. The third-order valence-electron chi connectivity index (χ3n) is 8.11. The number of aromatic nitrogens is 6. The second-order valence-corrected chi connectivity index (χ2v) is 11.5. The van der Waals surface area contributed by atoms with Gasteiger partial charge in [-0.3, -0.25) is 9.97 Å². The topological polar surface area (TPSA) is 61.4 Å². The third kappa shape index (κ3) is 3.79. The lowest BCUT2D eigenvalue weighted by Gasteiger charge is -2.27. The maximum atomic E-state index is 5.28. The van der Waals surface area contributed by atoms with Crippen LogP contribution in [0, 0.1) is 0 Å². The van der Waals surface area contributed by atoms with E-state index in [1.807, 2.05) is 36.9 Å². The number of rotatable bonds is 2. The molecule has 0 spiro atoms. The first-order valence-electron chi connectivity index (χ1n) is 13.5. The Morgan fingerprint density at radius 2 is 0.925 bits per heavy atom. The van der Waals surface area contributed by atoms with E-state index in [1.165, 1.54) is 0 Å². The van der Waals surface area contributed by atoms with E-state index in [4.69, 9.17) is 9.97 Å². The van der Waals surface area contributed by atoms with Gasteiger partial charge in [0.05, 0.1) is 0 Å². The largest absolute Gasteiger partial charge is 0.302 e. The first-order valence-corrected chi connectivity index (χ1v) is 13.5. The first-order chi connectivity index (χ1) is 19.3. The number of fused-ring (bicyclic) bond motifs is 10. The summed E-state index contributed by atoms with van der Waals surface area (Å²) in [5.74, 6) is 1.85. The molecule has 0 saturated carbocycles. The van der Waals surface area contributed by atoms with Gasteiger partial charge in [0.25, 0.3) is 0 Å². The second-order valence-electron chi connectivity index (χ2n) is 11.5. The van der Waals surface area contributed by atoms with E-state index in [-0.39, 0.29) is 0 Å². The summed E-state index contributed by atoms with van der Waals surface area (Å²) in [6.45, 7) is 8.82. The second kappa shape index (κ2) is 8.85. The number of hydrogen-bond acceptors (Lipinski definition) is 4. The predicted octanol–water partition coefficient (Wildman–Crippen LogP) is 7.15. The van der Waals surface area contributed by atoms with Gasteiger partial charge in [0.2, 0.25) is 0 Å². The van der Waals surface area contributed by atoms with Gasteiger partial charge in [-0.05, 0) is 75.2 Å². The molecule has 0 radical (unpaired) electrons. The predicted molar refractivity (Wildman–Crippen MR) is 158 cm³/mol. The van der Waals surface area contributed by atoms with Crippen LogP contribution in [-0.4, -0.2) is 29.1 Å². The van der Waals surface area contributed by atoms with Gasteiger partial charge < -0.3 is 9.13 Å². The van der Waals surface area contributed by atoms with E-state index in [2.05, 4.69) is 120 Å². The molecule has 0 aliphatic carbocycles. The molecule has 4 aromatic heterocycles. The van der Waals surface area contributed by atoms with E-state index in [0.29, 0.717) is 0 Å². The highest BCUT2D eigenvalue weighted by molar-refractivity contribution is 5.65. The van der Waals surface area contributed by atoms with Crippen molar-refractivity contribution >= 4 is 0 Å². The fourth-order valence-corrected chi connectivity index (χ4v) is 5.60. The lowest BCUT2D eigenvalue weighted by Crippen LogP contribution is -2.25. The SMILES string of the molecule is CC1(C)c2cncc(c2)-c2cncc(c2)C(C)(C)c2nc(cn2-c2ccccc2)-c2cn(-c3ccccc3)c1n2. The van der Waals surface area contributed by atoms with Gasteiger partial charge in [-0.1, -0.05) is 36.4 Å². The summed E-state index contributed by atoms with van der Waals surface area (Å²) < 4.78 is 4.38. The summed E-state index contributed by atoms with van der Waals surface area (Å²) in [6, 6.07) is 25.2. The molecule has 0 atom stereocenters. The first kappa shape index (κ1) is 24.2. The molecule has 5 heterocycles. The highest BCUT2D eigenvalue weighted by Crippen LogP contribution is 2.39. The van der Waals surface area contributed by atoms with Gasteiger partial charge in [0, 0.05) is 70.5 Å². The molecule has 0 fully saturated rings.